The Labute approximate surface area is 223 Å². The number of aromatic hydroxyl groups is 1. The van der Waals surface area contributed by atoms with Crippen LogP contribution in [0, 0.1) is 5.92 Å². The van der Waals surface area contributed by atoms with Gasteiger partial charge in [0.1, 0.15) is 29.2 Å². The quantitative estimate of drug-likeness (QED) is 0.347. The number of aliphatic hydroxyl groups excluding tert-OH is 1. The number of rotatable bonds is 11. The molecule has 0 spiro atoms. The second kappa shape index (κ2) is 13.7. The molecule has 10 nitrogen and oxygen atoms in total. The summed E-state index contributed by atoms with van der Waals surface area (Å²) in [4.78, 5) is 41.3. The monoisotopic (exact) mass is 529 g/mol. The minimum atomic E-state index is -1.22. The first-order valence-corrected chi connectivity index (χ1v) is 12.5. The van der Waals surface area contributed by atoms with Gasteiger partial charge < -0.3 is 35.2 Å². The summed E-state index contributed by atoms with van der Waals surface area (Å²) in [5.74, 6) is -0.608. The predicted molar refractivity (Wildman–Crippen MR) is 144 cm³/mol. The van der Waals surface area contributed by atoms with Crippen LogP contribution >= 0.6 is 0 Å². The van der Waals surface area contributed by atoms with Crippen LogP contribution in [0.2, 0.25) is 0 Å². The second-order valence-electron chi connectivity index (χ2n) is 10.3. The maximum atomic E-state index is 13.9. The first kappa shape index (κ1) is 30.4. The van der Waals surface area contributed by atoms with E-state index in [2.05, 4.69) is 10.6 Å². The third-order valence-corrected chi connectivity index (χ3v) is 5.42. The van der Waals surface area contributed by atoms with Crippen LogP contribution < -0.4 is 15.4 Å². The fourth-order valence-corrected chi connectivity index (χ4v) is 3.87. The van der Waals surface area contributed by atoms with Crippen molar-refractivity contribution in [2.45, 2.75) is 58.7 Å². The highest BCUT2D eigenvalue weighted by atomic mass is 16.6. The minimum Gasteiger partial charge on any atom is -0.508 e. The van der Waals surface area contributed by atoms with E-state index in [9.17, 15) is 24.6 Å². The number of phenolic OH excluding ortho intramolecular Hbond substituents is 1. The molecule has 2 atom stereocenters. The fourth-order valence-electron chi connectivity index (χ4n) is 3.87. The van der Waals surface area contributed by atoms with E-state index in [4.69, 9.17) is 9.47 Å². The lowest BCUT2D eigenvalue weighted by atomic mass is 9.99. The summed E-state index contributed by atoms with van der Waals surface area (Å²) in [7, 11) is 1.53. The van der Waals surface area contributed by atoms with Gasteiger partial charge in [-0.2, -0.15) is 0 Å². The summed E-state index contributed by atoms with van der Waals surface area (Å²) in [5.41, 5.74) is 0.0178. The van der Waals surface area contributed by atoms with Gasteiger partial charge in [0.05, 0.1) is 13.7 Å². The molecule has 0 aliphatic carbocycles. The molecule has 2 aromatic carbocycles. The molecule has 2 unspecified atom stereocenters. The molecule has 3 amide bonds. The number of hydrogen-bond acceptors (Lipinski definition) is 7. The van der Waals surface area contributed by atoms with Gasteiger partial charge in [0.2, 0.25) is 5.91 Å². The Hall–Kier alpha value is -3.79. The number of nitrogens with one attached hydrogen (secondary N) is 2. The van der Waals surface area contributed by atoms with Crippen molar-refractivity contribution in [3.05, 3.63) is 54.1 Å². The van der Waals surface area contributed by atoms with Crippen molar-refractivity contribution in [1.82, 2.24) is 10.2 Å². The van der Waals surface area contributed by atoms with E-state index in [1.807, 2.05) is 13.8 Å². The minimum absolute atomic E-state index is 0.0159. The number of alkyl carbamates (subject to hydrolysis) is 1. The number of amides is 3. The number of hydrogen-bond donors (Lipinski definition) is 4. The maximum Gasteiger partial charge on any atom is 0.408 e. The van der Waals surface area contributed by atoms with Gasteiger partial charge >= 0.3 is 6.09 Å². The van der Waals surface area contributed by atoms with E-state index in [1.165, 1.54) is 24.1 Å². The van der Waals surface area contributed by atoms with Gasteiger partial charge in [0.15, 0.2) is 0 Å². The molecule has 0 bridgehead atoms. The lowest BCUT2D eigenvalue weighted by Crippen LogP contribution is -2.53. The molecule has 0 fully saturated rings. The van der Waals surface area contributed by atoms with Crippen LogP contribution in [-0.4, -0.2) is 64.9 Å². The zero-order valence-corrected chi connectivity index (χ0v) is 22.9. The summed E-state index contributed by atoms with van der Waals surface area (Å²) < 4.78 is 10.5. The first-order valence-electron chi connectivity index (χ1n) is 12.5. The molecule has 0 aliphatic heterocycles. The van der Waals surface area contributed by atoms with Gasteiger partial charge in [0.25, 0.3) is 5.91 Å². The lowest BCUT2D eigenvalue weighted by Gasteiger charge is -2.34. The maximum absolute atomic E-state index is 13.9. The predicted octanol–water partition coefficient (Wildman–Crippen LogP) is 3.84. The molecule has 2 aromatic rings. The van der Waals surface area contributed by atoms with Crippen molar-refractivity contribution >= 4 is 23.6 Å². The van der Waals surface area contributed by atoms with Crippen molar-refractivity contribution < 1.29 is 34.1 Å². The molecule has 2 rings (SSSR count). The van der Waals surface area contributed by atoms with Crippen LogP contribution in [0.1, 0.15) is 52.6 Å². The molecule has 0 aliphatic rings. The standard InChI is InChI=1S/C28H39N3O7/c1-18(2)16-23(30-27(36)38-28(3,4)5)26(35)31(14-15-32)24(19-8-7-9-21(33)17-19)25(34)29-20-10-12-22(37-6)13-11-20/h7-13,17-18,23-24,32-33H,14-16H2,1-6H3,(H,29,34)(H,30,36). The van der Waals surface area contributed by atoms with Crippen LogP contribution in [0.3, 0.4) is 0 Å². The van der Waals surface area contributed by atoms with Gasteiger partial charge in [-0.05, 0) is 75.1 Å². The van der Waals surface area contributed by atoms with Crippen LogP contribution in [-0.2, 0) is 14.3 Å². The third-order valence-electron chi connectivity index (χ3n) is 5.42. The zero-order chi connectivity index (χ0) is 28.5. The number of anilines is 1. The Kier molecular flexibility index (Phi) is 10.9. The van der Waals surface area contributed by atoms with Crippen LogP contribution in [0.25, 0.3) is 0 Å². The number of carbonyl (C=O) groups excluding carboxylic acids is 3. The molecular formula is C28H39N3O7. The van der Waals surface area contributed by atoms with Gasteiger partial charge in [-0.3, -0.25) is 9.59 Å². The van der Waals surface area contributed by atoms with Crippen molar-refractivity contribution in [1.29, 1.82) is 0 Å². The van der Waals surface area contributed by atoms with Crippen molar-refractivity contribution in [3.8, 4) is 11.5 Å². The van der Waals surface area contributed by atoms with Gasteiger partial charge in [-0.25, -0.2) is 4.79 Å². The number of methoxy groups -OCH3 is 1. The number of nitrogens with zero attached hydrogens (tertiary/aromatic N) is 1. The molecule has 0 saturated heterocycles. The molecule has 0 radical (unpaired) electrons. The SMILES string of the molecule is COc1ccc(NC(=O)C(c2cccc(O)c2)N(CCO)C(=O)C(CC(C)C)NC(=O)OC(C)(C)C)cc1. The van der Waals surface area contributed by atoms with Crippen molar-refractivity contribution in [3.63, 3.8) is 0 Å². The normalized spacial score (nSPS) is 12.8. The molecular weight excluding hydrogens is 490 g/mol. The largest absolute Gasteiger partial charge is 0.508 e. The number of phenols is 1. The average molecular weight is 530 g/mol. The molecule has 10 heteroatoms. The molecule has 0 aromatic heterocycles. The first-order chi connectivity index (χ1) is 17.8. The Morgan fingerprint density at radius 1 is 1.05 bits per heavy atom. The molecule has 4 N–H and O–H groups in total. The van der Waals surface area contributed by atoms with E-state index >= 15 is 0 Å². The highest BCUT2D eigenvalue weighted by molar-refractivity contribution is 5.99. The Morgan fingerprint density at radius 2 is 1.71 bits per heavy atom. The van der Waals surface area contributed by atoms with Gasteiger partial charge in [-0.15, -0.1) is 0 Å². The smallest absolute Gasteiger partial charge is 0.408 e. The van der Waals surface area contributed by atoms with Crippen molar-refractivity contribution in [2.75, 3.05) is 25.6 Å². The zero-order valence-electron chi connectivity index (χ0n) is 22.9. The Bertz CT molecular complexity index is 1080. The lowest BCUT2D eigenvalue weighted by molar-refractivity contribution is -0.141. The number of aliphatic hydroxyl groups is 1. The van der Waals surface area contributed by atoms with Crippen molar-refractivity contribution in [2.24, 2.45) is 5.92 Å². The van der Waals surface area contributed by atoms with E-state index in [-0.39, 0.29) is 24.6 Å². The van der Waals surface area contributed by atoms with Gasteiger partial charge in [-0.1, -0.05) is 26.0 Å². The highest BCUT2D eigenvalue weighted by Crippen LogP contribution is 2.28. The molecule has 0 saturated carbocycles. The Morgan fingerprint density at radius 3 is 2.24 bits per heavy atom. The van der Waals surface area contributed by atoms with Crippen LogP contribution in [0.4, 0.5) is 10.5 Å². The van der Waals surface area contributed by atoms with Crippen LogP contribution in [0.5, 0.6) is 11.5 Å². The number of benzene rings is 2. The average Bonchev–Trinajstić information content (AvgIpc) is 2.82. The molecule has 0 heterocycles. The molecule has 38 heavy (non-hydrogen) atoms. The summed E-state index contributed by atoms with van der Waals surface area (Å²) in [6, 6.07) is 10.4. The molecule has 208 valence electrons. The topological polar surface area (TPSA) is 137 Å². The van der Waals surface area contributed by atoms with E-state index in [0.29, 0.717) is 17.0 Å². The summed E-state index contributed by atoms with van der Waals surface area (Å²) in [5, 5.41) is 25.4. The van der Waals surface area contributed by atoms with Crippen LogP contribution in [0.15, 0.2) is 48.5 Å². The summed E-state index contributed by atoms with van der Waals surface area (Å²) >= 11 is 0. The third kappa shape index (κ3) is 9.26. The second-order valence-corrected chi connectivity index (χ2v) is 10.3. The number of ether oxygens (including phenoxy) is 2. The fraction of sp³-hybridized carbons (Fsp3) is 0.464. The van der Waals surface area contributed by atoms with E-state index in [0.717, 1.165) is 0 Å². The number of carbonyl (C=O) groups is 3. The van der Waals surface area contributed by atoms with E-state index in [1.54, 1.807) is 57.2 Å². The Balaban J connectivity index is 2.47. The summed E-state index contributed by atoms with van der Waals surface area (Å²) in [6.07, 6.45) is -0.496. The van der Waals surface area contributed by atoms with E-state index < -0.39 is 42.2 Å². The summed E-state index contributed by atoms with van der Waals surface area (Å²) in [6.45, 7) is 8.31. The van der Waals surface area contributed by atoms with Gasteiger partial charge in [0, 0.05) is 12.2 Å². The highest BCUT2D eigenvalue weighted by Gasteiger charge is 2.36.